The van der Waals surface area contributed by atoms with E-state index in [2.05, 4.69) is 30.6 Å². The molecule has 2 N–H and O–H groups in total. The van der Waals surface area contributed by atoms with Crippen LogP contribution < -0.4 is 15.5 Å². The van der Waals surface area contributed by atoms with Gasteiger partial charge in [0.15, 0.2) is 5.82 Å². The lowest BCUT2D eigenvalue weighted by atomic mass is 9.61. The number of rotatable bonds is 4. The summed E-state index contributed by atoms with van der Waals surface area (Å²) in [5, 5.41) is 15.2. The lowest BCUT2D eigenvalue weighted by Crippen LogP contribution is -2.61. The zero-order chi connectivity index (χ0) is 21.1. The Morgan fingerprint density at radius 3 is 2.64 bits per heavy atom. The first-order chi connectivity index (χ1) is 15.2. The molecule has 3 atom stereocenters. The molecule has 186 valence electrons. The van der Waals surface area contributed by atoms with Gasteiger partial charge in [0.05, 0.1) is 18.6 Å². The molecule has 0 unspecified atom stereocenters. The third-order valence-corrected chi connectivity index (χ3v) is 8.10. The first-order valence-corrected chi connectivity index (χ1v) is 12.1. The van der Waals surface area contributed by atoms with Gasteiger partial charge in [-0.1, -0.05) is 0 Å². The molecule has 1 saturated carbocycles. The van der Waals surface area contributed by atoms with E-state index in [0.29, 0.717) is 17.9 Å². The van der Waals surface area contributed by atoms with Crippen molar-refractivity contribution in [3.05, 3.63) is 18.3 Å². The third-order valence-electron chi connectivity index (χ3n) is 8.10. The number of amides is 1. The Labute approximate surface area is 209 Å². The maximum Gasteiger partial charge on any atom is 0.228 e. The summed E-state index contributed by atoms with van der Waals surface area (Å²) in [7, 11) is 0. The number of fused-ring (bicyclic) bond motifs is 1. The number of hydrogen-bond acceptors (Lipinski definition) is 7. The van der Waals surface area contributed by atoms with Crippen LogP contribution in [0.15, 0.2) is 18.3 Å². The van der Waals surface area contributed by atoms with Gasteiger partial charge in [-0.05, 0) is 63.1 Å². The summed E-state index contributed by atoms with van der Waals surface area (Å²) < 4.78 is 5.55. The highest BCUT2D eigenvalue weighted by molar-refractivity contribution is 5.85. The van der Waals surface area contributed by atoms with E-state index in [0.717, 1.165) is 96.8 Å². The van der Waals surface area contributed by atoms with Gasteiger partial charge in [-0.2, -0.15) is 5.10 Å². The summed E-state index contributed by atoms with van der Waals surface area (Å²) in [4.78, 5) is 18.5. The molecule has 5 rings (SSSR count). The number of carbonyl (C=O) groups is 1. The Hall–Kier alpha value is -1.19. The molecule has 1 aromatic heterocycles. The first-order valence-electron chi connectivity index (χ1n) is 12.1. The monoisotopic (exact) mass is 500 g/mol. The molecule has 0 radical (unpaired) electrons. The molecule has 1 amide bonds. The average Bonchev–Trinajstić information content (AvgIpc) is 2.85. The van der Waals surface area contributed by atoms with Crippen LogP contribution in [0.1, 0.15) is 38.5 Å². The van der Waals surface area contributed by atoms with Gasteiger partial charge in [0.2, 0.25) is 5.91 Å². The lowest BCUT2D eigenvalue weighted by molar-refractivity contribution is -0.141. The molecule has 4 fully saturated rings. The highest BCUT2D eigenvalue weighted by atomic mass is 35.5. The maximum absolute atomic E-state index is 13.6. The molecule has 3 saturated heterocycles. The van der Waals surface area contributed by atoms with Crippen molar-refractivity contribution in [2.24, 2.45) is 11.3 Å². The van der Waals surface area contributed by atoms with Crippen molar-refractivity contribution >= 4 is 36.5 Å². The van der Waals surface area contributed by atoms with Crippen LogP contribution in [0, 0.1) is 11.3 Å². The fourth-order valence-electron chi connectivity index (χ4n) is 6.21. The fraction of sp³-hybridized carbons (Fsp3) is 0.783. The zero-order valence-electron chi connectivity index (χ0n) is 19.3. The summed E-state index contributed by atoms with van der Waals surface area (Å²) in [6.07, 6.45) is 8.02. The van der Waals surface area contributed by atoms with Crippen LogP contribution in [0.5, 0.6) is 0 Å². The molecule has 3 aliphatic heterocycles. The number of aromatic nitrogens is 2. The number of nitrogens with one attached hydrogen (secondary N) is 2. The summed E-state index contributed by atoms with van der Waals surface area (Å²) in [6.45, 7) is 7.47. The van der Waals surface area contributed by atoms with Crippen molar-refractivity contribution in [2.45, 2.75) is 50.6 Å². The molecule has 10 heteroatoms. The van der Waals surface area contributed by atoms with E-state index >= 15 is 0 Å². The minimum Gasteiger partial charge on any atom is -0.379 e. The number of nitrogens with zero attached hydrogens (tertiary/aromatic N) is 4. The van der Waals surface area contributed by atoms with E-state index in [1.165, 1.54) is 0 Å². The molecule has 1 aliphatic carbocycles. The topological polar surface area (TPSA) is 82.6 Å². The normalized spacial score (nSPS) is 31.0. The SMILES string of the molecule is Cl.Cl.O=C(NC1CCN(c2cccnn2)CC1)[C@@]12CC[C@@H](N3CCOCC3)C[C@H]1CCNC2. The summed E-state index contributed by atoms with van der Waals surface area (Å²) in [6, 6.07) is 4.81. The molecular formula is C23H38Cl2N6O2. The average molecular weight is 502 g/mol. The standard InChI is InChI=1S/C23H36N6O2.2ClH/c30-22(26-19-5-10-29(11-6-19)21-2-1-8-25-27-21)23-7-3-20(28-12-14-31-15-13-28)16-18(23)4-9-24-17-23;;/h1-2,8,18-20,24H,3-7,9-17H2,(H,26,30);2*1H/t18-,20-,23-;;/m1../s1. The second-order valence-corrected chi connectivity index (χ2v) is 9.71. The van der Waals surface area contributed by atoms with Crippen molar-refractivity contribution in [1.29, 1.82) is 0 Å². The lowest BCUT2D eigenvalue weighted by Gasteiger charge is -2.51. The second-order valence-electron chi connectivity index (χ2n) is 9.71. The Balaban J connectivity index is 0.00000153. The third kappa shape index (κ3) is 5.73. The minimum atomic E-state index is -0.233. The summed E-state index contributed by atoms with van der Waals surface area (Å²) in [5.41, 5.74) is -0.233. The van der Waals surface area contributed by atoms with E-state index in [1.54, 1.807) is 6.20 Å². The van der Waals surface area contributed by atoms with Gasteiger partial charge in [-0.25, -0.2) is 0 Å². The number of morpholine rings is 1. The fourth-order valence-corrected chi connectivity index (χ4v) is 6.21. The van der Waals surface area contributed by atoms with E-state index in [1.807, 2.05) is 12.1 Å². The molecule has 4 aliphatic rings. The molecule has 0 spiro atoms. The summed E-state index contributed by atoms with van der Waals surface area (Å²) >= 11 is 0. The quantitative estimate of drug-likeness (QED) is 0.652. The minimum absolute atomic E-state index is 0. The highest BCUT2D eigenvalue weighted by Crippen LogP contribution is 2.46. The van der Waals surface area contributed by atoms with Crippen LogP contribution in [-0.4, -0.2) is 85.6 Å². The predicted molar refractivity (Wildman–Crippen MR) is 133 cm³/mol. The van der Waals surface area contributed by atoms with Crippen LogP contribution in [0.2, 0.25) is 0 Å². The van der Waals surface area contributed by atoms with E-state index in [4.69, 9.17) is 4.74 Å². The molecule has 0 bridgehead atoms. The maximum atomic E-state index is 13.6. The van der Waals surface area contributed by atoms with Gasteiger partial charge in [0, 0.05) is 51.0 Å². The number of anilines is 1. The van der Waals surface area contributed by atoms with E-state index in [-0.39, 0.29) is 36.3 Å². The van der Waals surface area contributed by atoms with Crippen molar-refractivity contribution in [2.75, 3.05) is 57.4 Å². The van der Waals surface area contributed by atoms with Crippen LogP contribution in [0.25, 0.3) is 0 Å². The van der Waals surface area contributed by atoms with Gasteiger partial charge < -0.3 is 20.3 Å². The summed E-state index contributed by atoms with van der Waals surface area (Å²) in [5.74, 6) is 1.71. The zero-order valence-corrected chi connectivity index (χ0v) is 20.9. The number of piperidine rings is 2. The molecular weight excluding hydrogens is 463 g/mol. The van der Waals surface area contributed by atoms with Crippen molar-refractivity contribution in [1.82, 2.24) is 25.7 Å². The number of ether oxygens (including phenoxy) is 1. The van der Waals surface area contributed by atoms with Crippen LogP contribution in [0.4, 0.5) is 5.82 Å². The van der Waals surface area contributed by atoms with Crippen LogP contribution in [0.3, 0.4) is 0 Å². The number of hydrogen-bond donors (Lipinski definition) is 2. The molecule has 0 aromatic carbocycles. The largest absolute Gasteiger partial charge is 0.379 e. The van der Waals surface area contributed by atoms with Gasteiger partial charge in [-0.3, -0.25) is 9.69 Å². The number of carbonyl (C=O) groups excluding carboxylic acids is 1. The second kappa shape index (κ2) is 12.0. The Bertz CT molecular complexity index is 746. The highest BCUT2D eigenvalue weighted by Gasteiger charge is 2.51. The molecule has 33 heavy (non-hydrogen) atoms. The van der Waals surface area contributed by atoms with Crippen molar-refractivity contribution < 1.29 is 9.53 Å². The molecule has 4 heterocycles. The Morgan fingerprint density at radius 2 is 1.91 bits per heavy atom. The number of halogens is 2. The molecule has 8 nitrogen and oxygen atoms in total. The van der Waals surface area contributed by atoms with E-state index in [9.17, 15) is 4.79 Å². The van der Waals surface area contributed by atoms with Crippen LogP contribution in [-0.2, 0) is 9.53 Å². The van der Waals surface area contributed by atoms with Crippen LogP contribution >= 0.6 is 24.8 Å². The van der Waals surface area contributed by atoms with Crippen molar-refractivity contribution in [3.8, 4) is 0 Å². The van der Waals surface area contributed by atoms with Gasteiger partial charge in [0.1, 0.15) is 0 Å². The van der Waals surface area contributed by atoms with Crippen molar-refractivity contribution in [3.63, 3.8) is 0 Å². The van der Waals surface area contributed by atoms with Gasteiger partial charge in [-0.15, -0.1) is 29.9 Å². The Morgan fingerprint density at radius 1 is 1.12 bits per heavy atom. The van der Waals surface area contributed by atoms with E-state index < -0.39 is 0 Å². The predicted octanol–water partition coefficient (Wildman–Crippen LogP) is 1.89. The van der Waals surface area contributed by atoms with Gasteiger partial charge >= 0.3 is 0 Å². The van der Waals surface area contributed by atoms with Gasteiger partial charge in [0.25, 0.3) is 0 Å². The molecule has 1 aromatic rings. The first kappa shape index (κ1) is 26.4. The smallest absolute Gasteiger partial charge is 0.228 e. The Kier molecular flexibility index (Phi) is 9.59.